The largest absolute Gasteiger partial charge is 0.328 e. The number of nitrogens with one attached hydrogen (secondary N) is 1. The highest BCUT2D eigenvalue weighted by molar-refractivity contribution is 7.89. The maximum absolute atomic E-state index is 13.8. The maximum Gasteiger partial charge on any atom is 0.243 e. The lowest BCUT2D eigenvalue weighted by Crippen LogP contribution is -2.27. The van der Waals surface area contributed by atoms with Crippen LogP contribution in [0.15, 0.2) is 47.4 Å². The quantitative estimate of drug-likeness (QED) is 0.502. The van der Waals surface area contributed by atoms with Gasteiger partial charge in [0.05, 0.1) is 21.6 Å². The fourth-order valence-corrected chi connectivity index (χ4v) is 5.69. The lowest BCUT2D eigenvalue weighted by atomic mass is 10.2. The van der Waals surface area contributed by atoms with Crippen LogP contribution in [0.4, 0.5) is 10.1 Å². The molecule has 1 amide bonds. The summed E-state index contributed by atoms with van der Waals surface area (Å²) in [5.41, 5.74) is 1.61. The van der Waals surface area contributed by atoms with Crippen LogP contribution in [-0.2, 0) is 27.8 Å². The molecular weight excluding hydrogens is 443 g/mol. The zero-order valence-electron chi connectivity index (χ0n) is 18.8. The number of imidazole rings is 1. The number of hydrogen-bond acceptors (Lipinski definition) is 4. The van der Waals surface area contributed by atoms with Crippen LogP contribution in [-0.4, -0.2) is 41.3 Å². The van der Waals surface area contributed by atoms with Crippen molar-refractivity contribution in [3.05, 3.63) is 54.1 Å². The number of fused-ring (bicyclic) bond motifs is 1. The van der Waals surface area contributed by atoms with E-state index >= 15 is 0 Å². The SMILES string of the molecule is CCCCn1c(CCC(=O)Nc2ccccc2F)nc2cc(S(=O)(=O)N3CCCC3)ccc21. The van der Waals surface area contributed by atoms with E-state index in [-0.39, 0.29) is 22.9 Å². The maximum atomic E-state index is 13.8. The number of nitrogens with zero attached hydrogens (tertiary/aromatic N) is 3. The van der Waals surface area contributed by atoms with Crippen LogP contribution in [0.2, 0.25) is 0 Å². The molecule has 0 radical (unpaired) electrons. The number of amides is 1. The Balaban J connectivity index is 1.57. The summed E-state index contributed by atoms with van der Waals surface area (Å²) in [5, 5.41) is 2.60. The highest BCUT2D eigenvalue weighted by Crippen LogP contribution is 2.26. The van der Waals surface area contributed by atoms with Gasteiger partial charge in [0.25, 0.3) is 0 Å². The van der Waals surface area contributed by atoms with E-state index in [2.05, 4.69) is 21.8 Å². The molecule has 4 rings (SSSR count). The fourth-order valence-electron chi connectivity index (χ4n) is 4.15. The second-order valence-electron chi connectivity index (χ2n) is 8.32. The van der Waals surface area contributed by atoms with E-state index in [9.17, 15) is 17.6 Å². The monoisotopic (exact) mass is 472 g/mol. The first-order valence-corrected chi connectivity index (χ1v) is 12.9. The molecule has 0 unspecified atom stereocenters. The van der Waals surface area contributed by atoms with Crippen LogP contribution in [0, 0.1) is 5.82 Å². The number of anilines is 1. The number of para-hydroxylation sites is 1. The van der Waals surface area contributed by atoms with Crippen molar-refractivity contribution in [3.8, 4) is 0 Å². The molecular formula is C24H29FN4O3S. The summed E-state index contributed by atoms with van der Waals surface area (Å²) in [6.07, 6.45) is 4.20. The second-order valence-corrected chi connectivity index (χ2v) is 10.3. The summed E-state index contributed by atoms with van der Waals surface area (Å²) in [6, 6.07) is 11.1. The molecule has 1 N–H and O–H groups in total. The number of aromatic nitrogens is 2. The Labute approximate surface area is 193 Å². The van der Waals surface area contributed by atoms with Crippen LogP contribution in [0.5, 0.6) is 0 Å². The van der Waals surface area contributed by atoms with Gasteiger partial charge in [0.2, 0.25) is 15.9 Å². The minimum Gasteiger partial charge on any atom is -0.328 e. The molecule has 0 spiro atoms. The van der Waals surface area contributed by atoms with Crippen molar-refractivity contribution < 1.29 is 17.6 Å². The molecule has 0 atom stereocenters. The first-order valence-electron chi connectivity index (χ1n) is 11.4. The summed E-state index contributed by atoms with van der Waals surface area (Å²) in [4.78, 5) is 17.4. The molecule has 0 bridgehead atoms. The third-order valence-corrected chi connectivity index (χ3v) is 7.86. The normalized spacial score (nSPS) is 14.7. The van der Waals surface area contributed by atoms with Gasteiger partial charge in [0, 0.05) is 32.5 Å². The Hall–Kier alpha value is -2.78. The summed E-state index contributed by atoms with van der Waals surface area (Å²) in [7, 11) is -3.53. The molecule has 0 aliphatic carbocycles. The average Bonchev–Trinajstić information content (AvgIpc) is 3.46. The minimum absolute atomic E-state index is 0.142. The van der Waals surface area contributed by atoms with Gasteiger partial charge < -0.3 is 9.88 Å². The van der Waals surface area contributed by atoms with E-state index in [4.69, 9.17) is 0 Å². The van der Waals surface area contributed by atoms with Gasteiger partial charge in [-0.2, -0.15) is 4.31 Å². The van der Waals surface area contributed by atoms with E-state index < -0.39 is 15.8 Å². The second kappa shape index (κ2) is 10.0. The van der Waals surface area contributed by atoms with Crippen molar-refractivity contribution in [2.45, 2.75) is 56.9 Å². The van der Waals surface area contributed by atoms with Crippen LogP contribution in [0.1, 0.15) is 44.9 Å². The number of carbonyl (C=O) groups excluding carboxylic acids is 1. The molecule has 1 aliphatic heterocycles. The Morgan fingerprint density at radius 2 is 1.91 bits per heavy atom. The van der Waals surface area contributed by atoms with Crippen LogP contribution in [0.3, 0.4) is 0 Å². The third kappa shape index (κ3) is 5.09. The van der Waals surface area contributed by atoms with Crippen molar-refractivity contribution >= 4 is 32.7 Å². The standard InChI is InChI=1S/C24H29FN4O3S/c1-2-3-16-29-22-11-10-18(33(31,32)28-14-6-7-15-28)17-21(22)26-23(29)12-13-24(30)27-20-9-5-4-8-19(20)25/h4-5,8-11,17H,2-3,6-7,12-16H2,1H3,(H,27,30). The molecule has 1 aliphatic rings. The Morgan fingerprint density at radius 3 is 2.64 bits per heavy atom. The highest BCUT2D eigenvalue weighted by atomic mass is 32.2. The number of aryl methyl sites for hydroxylation is 2. The number of carbonyl (C=O) groups is 1. The van der Waals surface area contributed by atoms with Gasteiger partial charge in [-0.25, -0.2) is 17.8 Å². The summed E-state index contributed by atoms with van der Waals surface area (Å²) in [5.74, 6) is -0.0582. The van der Waals surface area contributed by atoms with Crippen molar-refractivity contribution in [2.24, 2.45) is 0 Å². The van der Waals surface area contributed by atoms with E-state index in [0.717, 1.165) is 43.6 Å². The topological polar surface area (TPSA) is 84.3 Å². The number of rotatable bonds is 9. The average molecular weight is 473 g/mol. The van der Waals surface area contributed by atoms with E-state index in [1.54, 1.807) is 24.3 Å². The fraction of sp³-hybridized carbons (Fsp3) is 0.417. The van der Waals surface area contributed by atoms with Gasteiger partial charge in [0.1, 0.15) is 11.6 Å². The summed E-state index contributed by atoms with van der Waals surface area (Å²) < 4.78 is 43.3. The van der Waals surface area contributed by atoms with Crippen LogP contribution >= 0.6 is 0 Å². The van der Waals surface area contributed by atoms with Gasteiger partial charge in [-0.05, 0) is 49.6 Å². The molecule has 9 heteroatoms. The Bertz CT molecular complexity index is 1250. The lowest BCUT2D eigenvalue weighted by Gasteiger charge is -2.15. The Morgan fingerprint density at radius 1 is 1.15 bits per heavy atom. The summed E-state index contributed by atoms with van der Waals surface area (Å²) in [6.45, 7) is 3.93. The van der Waals surface area contributed by atoms with Gasteiger partial charge in [-0.1, -0.05) is 25.5 Å². The summed E-state index contributed by atoms with van der Waals surface area (Å²) >= 11 is 0. The zero-order valence-corrected chi connectivity index (χ0v) is 19.6. The molecule has 7 nitrogen and oxygen atoms in total. The first kappa shape index (κ1) is 23.4. The molecule has 1 aromatic heterocycles. The lowest BCUT2D eigenvalue weighted by molar-refractivity contribution is -0.116. The molecule has 1 saturated heterocycles. The minimum atomic E-state index is -3.53. The number of halogens is 1. The first-order chi connectivity index (χ1) is 15.9. The molecule has 3 aromatic rings. The van der Waals surface area contributed by atoms with E-state index in [1.165, 1.54) is 16.4 Å². The highest BCUT2D eigenvalue weighted by Gasteiger charge is 2.28. The number of benzene rings is 2. The van der Waals surface area contributed by atoms with Gasteiger partial charge in [-0.3, -0.25) is 4.79 Å². The zero-order chi connectivity index (χ0) is 23.4. The van der Waals surface area contributed by atoms with E-state index in [0.29, 0.717) is 25.0 Å². The molecule has 1 fully saturated rings. The van der Waals surface area contributed by atoms with Crippen LogP contribution in [0.25, 0.3) is 11.0 Å². The van der Waals surface area contributed by atoms with Crippen LogP contribution < -0.4 is 5.32 Å². The molecule has 176 valence electrons. The molecule has 2 aromatic carbocycles. The van der Waals surface area contributed by atoms with Gasteiger partial charge >= 0.3 is 0 Å². The van der Waals surface area contributed by atoms with Crippen molar-refractivity contribution in [2.75, 3.05) is 18.4 Å². The van der Waals surface area contributed by atoms with Crippen molar-refractivity contribution in [3.63, 3.8) is 0 Å². The van der Waals surface area contributed by atoms with Gasteiger partial charge in [0.15, 0.2) is 0 Å². The molecule has 0 saturated carbocycles. The smallest absolute Gasteiger partial charge is 0.243 e. The third-order valence-electron chi connectivity index (χ3n) is 5.96. The predicted molar refractivity (Wildman–Crippen MR) is 126 cm³/mol. The predicted octanol–water partition coefficient (Wildman–Crippen LogP) is 4.33. The number of unbranched alkanes of at least 4 members (excludes halogenated alkanes) is 1. The van der Waals surface area contributed by atoms with Crippen molar-refractivity contribution in [1.29, 1.82) is 0 Å². The van der Waals surface area contributed by atoms with E-state index in [1.807, 2.05) is 6.07 Å². The number of hydrogen-bond donors (Lipinski definition) is 1. The molecule has 33 heavy (non-hydrogen) atoms. The number of sulfonamides is 1. The Kier molecular flexibility index (Phi) is 7.09. The van der Waals surface area contributed by atoms with Crippen molar-refractivity contribution in [1.82, 2.24) is 13.9 Å². The van der Waals surface area contributed by atoms with Gasteiger partial charge in [-0.15, -0.1) is 0 Å². The molecule has 2 heterocycles.